The van der Waals surface area contributed by atoms with E-state index in [2.05, 4.69) is 9.72 Å². The lowest BCUT2D eigenvalue weighted by Gasteiger charge is -2.07. The molecule has 1 rings (SSSR count). The number of aromatic nitrogens is 1. The van der Waals surface area contributed by atoms with Crippen molar-refractivity contribution in [2.75, 3.05) is 0 Å². The Kier molecular flexibility index (Phi) is 2.73. The Morgan fingerprint density at radius 2 is 2.07 bits per heavy atom. The average molecular weight is 226 g/mol. The molecule has 82 valence electrons. The lowest BCUT2D eigenvalue weighted by molar-refractivity contribution is -0.389. The molecule has 0 aliphatic rings. The second-order valence-electron chi connectivity index (χ2n) is 2.28. The summed E-state index contributed by atoms with van der Waals surface area (Å²) in [6, 6.07) is 0.286. The molecule has 1 aromatic rings. The zero-order valence-electron chi connectivity index (χ0n) is 6.79. The van der Waals surface area contributed by atoms with E-state index in [0.29, 0.717) is 6.20 Å². The van der Waals surface area contributed by atoms with E-state index in [1.165, 1.54) is 0 Å². The van der Waals surface area contributed by atoms with Gasteiger partial charge in [0.25, 0.3) is 0 Å². The Balaban J connectivity index is 3.12. The van der Waals surface area contributed by atoms with Crippen molar-refractivity contribution in [2.45, 2.75) is 6.36 Å². The summed E-state index contributed by atoms with van der Waals surface area (Å²) in [5.41, 5.74) is -1.19. The number of halogens is 4. The molecule has 0 saturated heterocycles. The quantitative estimate of drug-likeness (QED) is 0.439. The summed E-state index contributed by atoms with van der Waals surface area (Å²) < 4.78 is 50.8. The molecule has 1 aromatic heterocycles. The maximum atomic E-state index is 12.4. The van der Waals surface area contributed by atoms with Gasteiger partial charge < -0.3 is 4.74 Å². The summed E-state index contributed by atoms with van der Waals surface area (Å²) in [6.45, 7) is 0. The van der Waals surface area contributed by atoms with E-state index < -0.39 is 28.7 Å². The largest absolute Gasteiger partial charge is 0.574 e. The van der Waals surface area contributed by atoms with Crippen molar-refractivity contribution in [3.05, 3.63) is 28.2 Å². The lowest BCUT2D eigenvalue weighted by Crippen LogP contribution is -2.18. The van der Waals surface area contributed by atoms with Crippen LogP contribution in [0.5, 0.6) is 5.88 Å². The topological polar surface area (TPSA) is 65.3 Å². The van der Waals surface area contributed by atoms with Crippen LogP contribution in [0.15, 0.2) is 12.3 Å². The molecule has 0 aliphatic heterocycles. The third-order valence-corrected chi connectivity index (χ3v) is 1.21. The van der Waals surface area contributed by atoms with Gasteiger partial charge in [-0.15, -0.1) is 13.2 Å². The van der Waals surface area contributed by atoms with Crippen molar-refractivity contribution in [2.24, 2.45) is 0 Å². The molecule has 0 unspecified atom stereocenters. The highest BCUT2D eigenvalue weighted by Gasteiger charge is 2.35. The standard InChI is InChI=1S/C6H2F4N2O3/c7-3-1-4(12(13)14)5(11-2-3)15-6(8,9)10/h1-2H. The zero-order valence-corrected chi connectivity index (χ0v) is 6.79. The highest BCUT2D eigenvalue weighted by molar-refractivity contribution is 5.40. The predicted molar refractivity (Wildman–Crippen MR) is 37.5 cm³/mol. The summed E-state index contributed by atoms with van der Waals surface area (Å²) in [4.78, 5) is 11.8. The van der Waals surface area contributed by atoms with E-state index in [4.69, 9.17) is 0 Å². The summed E-state index contributed by atoms with van der Waals surface area (Å²) in [5.74, 6) is -2.43. The molecule has 0 N–H and O–H groups in total. The van der Waals surface area contributed by atoms with Crippen molar-refractivity contribution in [3.63, 3.8) is 0 Å². The maximum absolute atomic E-state index is 12.4. The number of hydrogen-bond acceptors (Lipinski definition) is 4. The SMILES string of the molecule is O=[N+]([O-])c1cc(F)cnc1OC(F)(F)F. The van der Waals surface area contributed by atoms with Crippen LogP contribution in [0.2, 0.25) is 0 Å². The van der Waals surface area contributed by atoms with E-state index in [-0.39, 0.29) is 6.07 Å². The smallest absolute Gasteiger partial charge is 0.381 e. The first-order chi connectivity index (χ1) is 6.79. The molecule has 0 aliphatic carbocycles. The molecule has 15 heavy (non-hydrogen) atoms. The second-order valence-corrected chi connectivity index (χ2v) is 2.28. The summed E-state index contributed by atoms with van der Waals surface area (Å²) in [6.07, 6.45) is -4.73. The fourth-order valence-corrected chi connectivity index (χ4v) is 0.735. The number of nitrogens with zero attached hydrogens (tertiary/aromatic N) is 2. The monoisotopic (exact) mass is 226 g/mol. The van der Waals surface area contributed by atoms with E-state index in [1.807, 2.05) is 0 Å². The molecule has 0 spiro atoms. The van der Waals surface area contributed by atoms with Gasteiger partial charge in [0.1, 0.15) is 5.82 Å². The Bertz CT molecular complexity index is 392. The van der Waals surface area contributed by atoms with E-state index in [0.717, 1.165) is 0 Å². The summed E-state index contributed by atoms with van der Waals surface area (Å²) >= 11 is 0. The van der Waals surface area contributed by atoms with Crippen LogP contribution in [0.1, 0.15) is 0 Å². The normalized spacial score (nSPS) is 11.2. The predicted octanol–water partition coefficient (Wildman–Crippen LogP) is 2.03. The van der Waals surface area contributed by atoms with Crippen LogP contribution in [-0.4, -0.2) is 16.3 Å². The fraction of sp³-hybridized carbons (Fsp3) is 0.167. The number of ether oxygens (including phenoxy) is 1. The van der Waals surface area contributed by atoms with Gasteiger partial charge in [-0.2, -0.15) is 0 Å². The van der Waals surface area contributed by atoms with Crippen LogP contribution in [-0.2, 0) is 0 Å². The van der Waals surface area contributed by atoms with Crippen LogP contribution in [0, 0.1) is 15.9 Å². The third kappa shape index (κ3) is 3.04. The van der Waals surface area contributed by atoms with E-state index in [1.54, 1.807) is 0 Å². The van der Waals surface area contributed by atoms with Gasteiger partial charge in [0, 0.05) is 0 Å². The zero-order chi connectivity index (χ0) is 11.6. The molecule has 5 nitrogen and oxygen atoms in total. The first-order valence-electron chi connectivity index (χ1n) is 3.35. The highest BCUT2D eigenvalue weighted by atomic mass is 19.4. The summed E-state index contributed by atoms with van der Waals surface area (Å²) in [5, 5.41) is 10.2. The number of rotatable bonds is 2. The van der Waals surface area contributed by atoms with Crippen molar-refractivity contribution in [1.82, 2.24) is 4.98 Å². The molecule has 0 amide bonds. The molecule has 0 atom stereocenters. The van der Waals surface area contributed by atoms with E-state index in [9.17, 15) is 27.7 Å². The number of hydrogen-bond donors (Lipinski definition) is 0. The Morgan fingerprint density at radius 1 is 1.47 bits per heavy atom. The number of alkyl halides is 3. The third-order valence-electron chi connectivity index (χ3n) is 1.21. The second kappa shape index (κ2) is 3.67. The van der Waals surface area contributed by atoms with Crippen molar-refractivity contribution >= 4 is 5.69 Å². The molecule has 0 bridgehead atoms. The minimum Gasteiger partial charge on any atom is -0.381 e. The molecular formula is C6H2F4N2O3. The molecule has 0 saturated carbocycles. The molecule has 0 aromatic carbocycles. The molecule has 0 fully saturated rings. The van der Waals surface area contributed by atoms with Gasteiger partial charge in [0.05, 0.1) is 17.2 Å². The van der Waals surface area contributed by atoms with Crippen LogP contribution < -0.4 is 4.74 Å². The molecular weight excluding hydrogens is 224 g/mol. The minimum absolute atomic E-state index is 0.286. The Morgan fingerprint density at radius 3 is 2.53 bits per heavy atom. The molecule has 9 heteroatoms. The first-order valence-corrected chi connectivity index (χ1v) is 3.35. The fourth-order valence-electron chi connectivity index (χ4n) is 0.735. The van der Waals surface area contributed by atoms with Crippen molar-refractivity contribution in [3.8, 4) is 5.88 Å². The molecule has 0 radical (unpaired) electrons. The number of nitro groups is 1. The van der Waals surface area contributed by atoms with Crippen molar-refractivity contribution in [1.29, 1.82) is 0 Å². The van der Waals surface area contributed by atoms with Crippen molar-refractivity contribution < 1.29 is 27.2 Å². The highest BCUT2D eigenvalue weighted by Crippen LogP contribution is 2.29. The van der Waals surface area contributed by atoms with Gasteiger partial charge in [-0.1, -0.05) is 0 Å². The first kappa shape index (κ1) is 11.1. The Labute approximate surface area is 79.4 Å². The van der Waals surface area contributed by atoms with Crippen LogP contribution in [0.4, 0.5) is 23.2 Å². The van der Waals surface area contributed by atoms with E-state index >= 15 is 0 Å². The van der Waals surface area contributed by atoms with Gasteiger partial charge in [-0.05, 0) is 0 Å². The average Bonchev–Trinajstić information content (AvgIpc) is 2.05. The number of pyridine rings is 1. The van der Waals surface area contributed by atoms with Crippen LogP contribution in [0.3, 0.4) is 0 Å². The van der Waals surface area contributed by atoms with Crippen LogP contribution >= 0.6 is 0 Å². The lowest BCUT2D eigenvalue weighted by atomic mass is 10.4. The minimum atomic E-state index is -5.12. The maximum Gasteiger partial charge on any atom is 0.574 e. The van der Waals surface area contributed by atoms with Gasteiger partial charge in [0.2, 0.25) is 0 Å². The van der Waals surface area contributed by atoms with Gasteiger partial charge >= 0.3 is 17.9 Å². The molecule has 1 heterocycles. The van der Waals surface area contributed by atoms with Gasteiger partial charge in [-0.3, -0.25) is 10.1 Å². The Hall–Kier alpha value is -1.93. The van der Waals surface area contributed by atoms with Gasteiger partial charge in [0.15, 0.2) is 0 Å². The van der Waals surface area contributed by atoms with Crippen LogP contribution in [0.25, 0.3) is 0 Å². The van der Waals surface area contributed by atoms with Gasteiger partial charge in [-0.25, -0.2) is 9.37 Å². The summed E-state index contributed by atoms with van der Waals surface area (Å²) in [7, 11) is 0.